The molecule has 0 aliphatic carbocycles. The van der Waals surface area contributed by atoms with Crippen LogP contribution in [0.4, 0.5) is 10.6 Å². The molecule has 2 fully saturated rings. The van der Waals surface area contributed by atoms with E-state index in [4.69, 9.17) is 0 Å². The van der Waals surface area contributed by atoms with Gasteiger partial charge in [-0.2, -0.15) is 0 Å². The van der Waals surface area contributed by atoms with E-state index in [1.807, 2.05) is 26.8 Å². The third-order valence-electron chi connectivity index (χ3n) is 4.00. The Morgan fingerprint density at radius 2 is 2.00 bits per heavy atom. The summed E-state index contributed by atoms with van der Waals surface area (Å²) in [6.07, 6.45) is 0. The minimum absolute atomic E-state index is 0.102. The van der Waals surface area contributed by atoms with Gasteiger partial charge < -0.3 is 9.80 Å². The van der Waals surface area contributed by atoms with E-state index in [0.29, 0.717) is 26.2 Å². The number of likely N-dealkylation sites (N-methyl/N-ethyl adjacent to an activating group) is 1. The van der Waals surface area contributed by atoms with Gasteiger partial charge in [-0.3, -0.25) is 9.69 Å². The number of aryl methyl sites for hydroxylation is 2. The molecule has 1 aromatic heterocycles. The molecule has 0 spiro atoms. The Balaban J connectivity index is 1.84. The molecular weight excluding hydrogens is 270 g/mol. The summed E-state index contributed by atoms with van der Waals surface area (Å²) >= 11 is 0. The summed E-state index contributed by atoms with van der Waals surface area (Å²) in [6.45, 7) is 7.76. The van der Waals surface area contributed by atoms with E-state index in [-0.39, 0.29) is 18.0 Å². The molecule has 0 aromatic carbocycles. The average Bonchev–Trinajstić information content (AvgIpc) is 2.69. The van der Waals surface area contributed by atoms with E-state index in [0.717, 1.165) is 17.3 Å². The highest BCUT2D eigenvalue weighted by Gasteiger charge is 2.47. The number of carbonyl (C=O) groups is 2. The third kappa shape index (κ3) is 2.22. The molecule has 1 aromatic rings. The second-order valence-corrected chi connectivity index (χ2v) is 5.44. The fourth-order valence-corrected chi connectivity index (χ4v) is 3.01. The van der Waals surface area contributed by atoms with Gasteiger partial charge in [-0.1, -0.05) is 0 Å². The monoisotopic (exact) mass is 289 g/mol. The van der Waals surface area contributed by atoms with Gasteiger partial charge in [0.15, 0.2) is 0 Å². The Morgan fingerprint density at radius 3 is 2.67 bits per heavy atom. The molecule has 0 radical (unpaired) electrons. The maximum atomic E-state index is 12.3. The van der Waals surface area contributed by atoms with Crippen LogP contribution >= 0.6 is 0 Å². The fraction of sp³-hybridized carbons (Fsp3) is 0.571. The van der Waals surface area contributed by atoms with E-state index in [1.165, 1.54) is 4.90 Å². The summed E-state index contributed by atoms with van der Waals surface area (Å²) in [4.78, 5) is 38.2. The molecule has 7 nitrogen and oxygen atoms in total. The van der Waals surface area contributed by atoms with Crippen molar-refractivity contribution in [3.8, 4) is 0 Å². The van der Waals surface area contributed by atoms with Crippen LogP contribution in [0, 0.1) is 13.8 Å². The number of imide groups is 1. The minimum Gasteiger partial charge on any atom is -0.352 e. The summed E-state index contributed by atoms with van der Waals surface area (Å²) in [7, 11) is 0. The summed E-state index contributed by atoms with van der Waals surface area (Å²) < 4.78 is 0. The van der Waals surface area contributed by atoms with Gasteiger partial charge in [-0.05, 0) is 20.8 Å². The van der Waals surface area contributed by atoms with E-state index < -0.39 is 0 Å². The average molecular weight is 289 g/mol. The van der Waals surface area contributed by atoms with Gasteiger partial charge in [-0.25, -0.2) is 14.8 Å². The molecule has 21 heavy (non-hydrogen) atoms. The second kappa shape index (κ2) is 4.98. The van der Waals surface area contributed by atoms with Crippen molar-refractivity contribution in [1.82, 2.24) is 19.8 Å². The van der Waals surface area contributed by atoms with Crippen LogP contribution in [0.2, 0.25) is 0 Å². The molecule has 3 amide bonds. The van der Waals surface area contributed by atoms with Crippen LogP contribution in [-0.4, -0.2) is 63.9 Å². The summed E-state index contributed by atoms with van der Waals surface area (Å²) in [5.41, 5.74) is 0.906. The first-order valence-corrected chi connectivity index (χ1v) is 7.20. The molecule has 2 saturated heterocycles. The predicted molar refractivity (Wildman–Crippen MR) is 77.0 cm³/mol. The van der Waals surface area contributed by atoms with Crippen LogP contribution in [0.15, 0.2) is 6.07 Å². The van der Waals surface area contributed by atoms with Gasteiger partial charge in [-0.15, -0.1) is 0 Å². The molecule has 3 rings (SSSR count). The van der Waals surface area contributed by atoms with E-state index >= 15 is 0 Å². The van der Waals surface area contributed by atoms with E-state index in [2.05, 4.69) is 14.9 Å². The van der Waals surface area contributed by atoms with Gasteiger partial charge in [0, 0.05) is 37.9 Å². The Labute approximate surface area is 123 Å². The summed E-state index contributed by atoms with van der Waals surface area (Å²) in [6, 6.07) is 1.37. The zero-order valence-corrected chi connectivity index (χ0v) is 12.5. The summed E-state index contributed by atoms with van der Waals surface area (Å²) in [5.74, 6) is 1.45. The summed E-state index contributed by atoms with van der Waals surface area (Å²) in [5, 5.41) is 0. The van der Waals surface area contributed by atoms with Gasteiger partial charge in [0.1, 0.15) is 17.7 Å². The number of fused-ring (bicyclic) bond motifs is 1. The predicted octanol–water partition coefficient (Wildman–Crippen LogP) is 0.566. The number of nitrogens with zero attached hydrogens (tertiary/aromatic N) is 5. The highest BCUT2D eigenvalue weighted by atomic mass is 16.2. The molecular formula is C14H19N5O2. The van der Waals surface area contributed by atoms with Crippen molar-refractivity contribution in [1.29, 1.82) is 0 Å². The molecule has 0 N–H and O–H groups in total. The number of piperazine rings is 1. The van der Waals surface area contributed by atoms with Crippen molar-refractivity contribution in [3.63, 3.8) is 0 Å². The van der Waals surface area contributed by atoms with Crippen molar-refractivity contribution in [3.05, 3.63) is 17.6 Å². The highest BCUT2D eigenvalue weighted by Crippen LogP contribution is 2.24. The number of carbonyl (C=O) groups excluding carboxylic acids is 2. The largest absolute Gasteiger partial charge is 0.352 e. The third-order valence-corrected chi connectivity index (χ3v) is 4.00. The van der Waals surface area contributed by atoms with Crippen LogP contribution in [0.1, 0.15) is 18.4 Å². The van der Waals surface area contributed by atoms with E-state index in [9.17, 15) is 9.59 Å². The number of hydrogen-bond acceptors (Lipinski definition) is 5. The van der Waals surface area contributed by atoms with Crippen LogP contribution in [0.25, 0.3) is 0 Å². The Kier molecular flexibility index (Phi) is 3.27. The number of amides is 3. The zero-order valence-electron chi connectivity index (χ0n) is 12.5. The topological polar surface area (TPSA) is 69.6 Å². The van der Waals surface area contributed by atoms with Crippen LogP contribution in [0.5, 0.6) is 0 Å². The first-order chi connectivity index (χ1) is 10.0. The second-order valence-electron chi connectivity index (χ2n) is 5.44. The lowest BCUT2D eigenvalue weighted by Gasteiger charge is -2.36. The molecule has 0 saturated carbocycles. The molecule has 2 aliphatic heterocycles. The van der Waals surface area contributed by atoms with E-state index in [1.54, 1.807) is 4.90 Å². The number of aromatic nitrogens is 2. The molecule has 2 aliphatic rings. The Bertz CT molecular complexity index is 583. The number of anilines is 1. The maximum absolute atomic E-state index is 12.3. The van der Waals surface area contributed by atoms with Gasteiger partial charge >= 0.3 is 6.03 Å². The highest BCUT2D eigenvalue weighted by molar-refractivity contribution is 6.04. The van der Waals surface area contributed by atoms with Crippen LogP contribution < -0.4 is 4.90 Å². The van der Waals surface area contributed by atoms with Gasteiger partial charge in [0.05, 0.1) is 0 Å². The zero-order chi connectivity index (χ0) is 15.1. The number of rotatable bonds is 2. The number of hydrogen-bond donors (Lipinski definition) is 0. The minimum atomic E-state index is -0.387. The van der Waals surface area contributed by atoms with Crippen molar-refractivity contribution >= 4 is 17.8 Å². The molecule has 1 unspecified atom stereocenters. The lowest BCUT2D eigenvalue weighted by molar-refractivity contribution is -0.128. The molecule has 7 heteroatoms. The Hall–Kier alpha value is -2.18. The quantitative estimate of drug-likeness (QED) is 0.744. The van der Waals surface area contributed by atoms with Gasteiger partial charge in [0.2, 0.25) is 0 Å². The maximum Gasteiger partial charge on any atom is 0.327 e. The first kappa shape index (κ1) is 13.8. The molecule has 0 bridgehead atoms. The lowest BCUT2D eigenvalue weighted by Crippen LogP contribution is -2.53. The SMILES string of the molecule is CCN1C(=O)C2CN(c3cc(C)nc(C)n3)CCN2C1=O. The van der Waals surface area contributed by atoms with Gasteiger partial charge in [0.25, 0.3) is 5.91 Å². The van der Waals surface area contributed by atoms with Crippen molar-refractivity contribution in [2.75, 3.05) is 31.1 Å². The first-order valence-electron chi connectivity index (χ1n) is 7.20. The van der Waals surface area contributed by atoms with Crippen molar-refractivity contribution in [2.45, 2.75) is 26.8 Å². The van der Waals surface area contributed by atoms with Crippen molar-refractivity contribution < 1.29 is 9.59 Å². The lowest BCUT2D eigenvalue weighted by atomic mass is 10.2. The smallest absolute Gasteiger partial charge is 0.327 e. The standard InChI is InChI=1S/C14H19N5O2/c1-4-18-13(20)11-8-17(5-6-19(11)14(18)21)12-7-9(2)15-10(3)16-12/h7,11H,4-6,8H2,1-3H3. The molecule has 3 heterocycles. The molecule has 112 valence electrons. The molecule has 1 atom stereocenters. The van der Waals surface area contributed by atoms with Crippen LogP contribution in [0.3, 0.4) is 0 Å². The normalized spacial score (nSPS) is 22.0. The number of urea groups is 1. The van der Waals surface area contributed by atoms with Crippen LogP contribution in [-0.2, 0) is 4.79 Å². The van der Waals surface area contributed by atoms with Crippen molar-refractivity contribution in [2.24, 2.45) is 0 Å². The fourth-order valence-electron chi connectivity index (χ4n) is 3.01. The Morgan fingerprint density at radius 1 is 1.24 bits per heavy atom.